The van der Waals surface area contributed by atoms with Gasteiger partial charge in [-0.15, -0.1) is 11.8 Å². The predicted octanol–water partition coefficient (Wildman–Crippen LogP) is 10.1. The Hall–Kier alpha value is -2.71. The van der Waals surface area contributed by atoms with E-state index in [-0.39, 0.29) is 28.0 Å². The molecule has 0 aliphatic heterocycles. The summed E-state index contributed by atoms with van der Waals surface area (Å²) in [7, 11) is 1.41. The fourth-order valence-electron chi connectivity index (χ4n) is 5.91. The highest BCUT2D eigenvalue weighted by Crippen LogP contribution is 2.39. The molecule has 45 heavy (non-hydrogen) atoms. The van der Waals surface area contributed by atoms with Crippen LogP contribution in [0.4, 0.5) is 0 Å². The van der Waals surface area contributed by atoms with Gasteiger partial charge in [-0.05, 0) is 56.7 Å². The highest BCUT2D eigenvalue weighted by molar-refractivity contribution is 8.00. The van der Waals surface area contributed by atoms with Crippen LogP contribution in [0.5, 0.6) is 0 Å². The van der Waals surface area contributed by atoms with Crippen LogP contribution < -0.4 is 5.43 Å². The Kier molecular flexibility index (Phi) is 15.6. The number of hydrogen-bond acceptors (Lipinski definition) is 7. The average molecular weight is 655 g/mol. The summed E-state index contributed by atoms with van der Waals surface area (Å²) in [5, 5.41) is 10.2. The Labute approximate surface area is 278 Å². The normalized spacial score (nSPS) is 13.9. The molecule has 0 amide bonds. The van der Waals surface area contributed by atoms with Crippen LogP contribution in [-0.4, -0.2) is 34.3 Å². The molecule has 1 heterocycles. The number of thioether (sulfide) groups is 1. The lowest BCUT2D eigenvalue weighted by Gasteiger charge is -2.25. The summed E-state index contributed by atoms with van der Waals surface area (Å²) < 4.78 is 10.8. The van der Waals surface area contributed by atoms with Gasteiger partial charge in [-0.2, -0.15) is 0 Å². The first-order chi connectivity index (χ1) is 21.7. The summed E-state index contributed by atoms with van der Waals surface area (Å²) in [6.07, 6.45) is 20.8. The largest absolute Gasteiger partial charge is 0.475 e. The molecule has 1 aliphatic carbocycles. The molecule has 0 radical (unpaired) electrons. The molecule has 1 aliphatic rings. The number of carbonyl (C=O) groups is 2. The molecule has 0 bridgehead atoms. The first kappa shape index (κ1) is 36.8. The Bertz CT molecular complexity index is 1450. The van der Waals surface area contributed by atoms with Gasteiger partial charge < -0.3 is 14.3 Å². The lowest BCUT2D eigenvalue weighted by Crippen LogP contribution is -2.18. The topological polar surface area (TPSA) is 93.8 Å². The standard InChI is InChI=1S/C37H50O6S2/c1-5-7-8-9-10-11-12-13-17-26-20-22-30(44)29(24-26)31(18-14-15-19-33(38)42-4)45-32-23-21-28-34(39)25(3)35(37(40)41)43-36(28)27(32)16-6-2/h20-21,23-24,31H,5-19,22H2,1-4H3,(H,40,41). The van der Waals surface area contributed by atoms with E-state index in [0.717, 1.165) is 59.4 Å². The van der Waals surface area contributed by atoms with Crippen molar-refractivity contribution in [3.63, 3.8) is 0 Å². The molecule has 1 aromatic carbocycles. The van der Waals surface area contributed by atoms with E-state index in [2.05, 4.69) is 26.0 Å². The van der Waals surface area contributed by atoms with Gasteiger partial charge in [0, 0.05) is 39.0 Å². The maximum absolute atomic E-state index is 13.1. The summed E-state index contributed by atoms with van der Waals surface area (Å²) in [4.78, 5) is 38.7. The molecular weight excluding hydrogens is 605 g/mol. The molecule has 0 saturated heterocycles. The maximum Gasteiger partial charge on any atom is 0.372 e. The van der Waals surface area contributed by atoms with Crippen molar-refractivity contribution in [3.05, 3.63) is 62.5 Å². The van der Waals surface area contributed by atoms with Crippen LogP contribution >= 0.6 is 24.0 Å². The number of carbonyl (C=O) groups excluding carboxylic acids is 1. The van der Waals surface area contributed by atoms with Crippen molar-refractivity contribution in [2.45, 2.75) is 134 Å². The van der Waals surface area contributed by atoms with Gasteiger partial charge in [-0.3, -0.25) is 9.59 Å². The zero-order valence-corrected chi connectivity index (χ0v) is 29.1. The van der Waals surface area contributed by atoms with Crippen molar-refractivity contribution in [2.24, 2.45) is 0 Å². The third-order valence-corrected chi connectivity index (χ3v) is 10.3. The van der Waals surface area contributed by atoms with E-state index in [0.29, 0.717) is 23.8 Å². The molecule has 1 aromatic heterocycles. The molecule has 3 rings (SSSR count). The SMILES string of the molecule is CCCCCCCCCCC1=CCC(=S)C(C(CCCCC(=O)OC)Sc2ccc3c(=O)c(C)c(C(=O)O)oc3c2CCC)=C1. The number of ether oxygens (including phenoxy) is 1. The fourth-order valence-corrected chi connectivity index (χ4v) is 7.68. The van der Waals surface area contributed by atoms with Gasteiger partial charge in [-0.1, -0.05) is 102 Å². The van der Waals surface area contributed by atoms with Gasteiger partial charge in [0.25, 0.3) is 0 Å². The lowest BCUT2D eigenvalue weighted by molar-refractivity contribution is -0.140. The van der Waals surface area contributed by atoms with Crippen molar-refractivity contribution in [2.75, 3.05) is 7.11 Å². The van der Waals surface area contributed by atoms with E-state index in [1.165, 1.54) is 71.0 Å². The van der Waals surface area contributed by atoms with Gasteiger partial charge in [0.05, 0.1) is 12.5 Å². The van der Waals surface area contributed by atoms with Crippen LogP contribution in [0.2, 0.25) is 0 Å². The van der Waals surface area contributed by atoms with E-state index in [9.17, 15) is 19.5 Å². The van der Waals surface area contributed by atoms with Crippen LogP contribution in [0.25, 0.3) is 11.0 Å². The fraction of sp³-hybridized carbons (Fsp3) is 0.568. The van der Waals surface area contributed by atoms with E-state index in [4.69, 9.17) is 21.4 Å². The Balaban J connectivity index is 1.88. The number of benzene rings is 1. The minimum absolute atomic E-state index is 0.0431. The van der Waals surface area contributed by atoms with Gasteiger partial charge in [0.1, 0.15) is 5.58 Å². The summed E-state index contributed by atoms with van der Waals surface area (Å²) in [6, 6.07) is 3.73. The van der Waals surface area contributed by atoms with Crippen molar-refractivity contribution in [1.82, 2.24) is 0 Å². The molecule has 8 heteroatoms. The molecular formula is C37H50O6S2. The molecule has 1 atom stereocenters. The molecule has 2 aromatic rings. The van der Waals surface area contributed by atoms with E-state index in [1.54, 1.807) is 17.8 Å². The smallest absolute Gasteiger partial charge is 0.372 e. The highest BCUT2D eigenvalue weighted by atomic mass is 32.2. The van der Waals surface area contributed by atoms with Crippen molar-refractivity contribution in [3.8, 4) is 0 Å². The second-order valence-corrected chi connectivity index (χ2v) is 13.8. The number of carboxylic acids is 1. The van der Waals surface area contributed by atoms with Crippen LogP contribution in [0.3, 0.4) is 0 Å². The van der Waals surface area contributed by atoms with Gasteiger partial charge in [-0.25, -0.2) is 4.79 Å². The number of esters is 1. The van der Waals surface area contributed by atoms with Gasteiger partial charge in [0.2, 0.25) is 5.76 Å². The van der Waals surface area contributed by atoms with Crippen LogP contribution in [0.1, 0.15) is 132 Å². The van der Waals surface area contributed by atoms with Crippen LogP contribution in [0, 0.1) is 6.92 Å². The summed E-state index contributed by atoms with van der Waals surface area (Å²) in [5.74, 6) is -1.76. The maximum atomic E-state index is 13.1. The van der Waals surface area contributed by atoms with Crippen LogP contribution in [0.15, 0.2) is 49.5 Å². The second-order valence-electron chi connectivity index (χ2n) is 12.0. The molecule has 1 unspecified atom stereocenters. The van der Waals surface area contributed by atoms with Crippen molar-refractivity contribution in [1.29, 1.82) is 0 Å². The molecule has 6 nitrogen and oxygen atoms in total. The number of fused-ring (bicyclic) bond motifs is 1. The number of hydrogen-bond donors (Lipinski definition) is 1. The summed E-state index contributed by atoms with van der Waals surface area (Å²) >= 11 is 7.63. The van der Waals surface area contributed by atoms with Crippen LogP contribution in [-0.2, 0) is 16.0 Å². The molecule has 0 fully saturated rings. The number of aryl methyl sites for hydroxylation is 1. The molecule has 246 valence electrons. The number of unbranched alkanes of at least 4 members (excludes halogenated alkanes) is 8. The molecule has 1 N–H and O–H groups in total. The minimum Gasteiger partial charge on any atom is -0.475 e. The molecule has 0 spiro atoms. The first-order valence-electron chi connectivity index (χ1n) is 16.7. The Morgan fingerprint density at radius 1 is 1.00 bits per heavy atom. The van der Waals surface area contributed by atoms with E-state index in [1.807, 2.05) is 6.07 Å². The third kappa shape index (κ3) is 10.7. The predicted molar refractivity (Wildman–Crippen MR) is 189 cm³/mol. The zero-order chi connectivity index (χ0) is 32.8. The Morgan fingerprint density at radius 3 is 2.38 bits per heavy atom. The van der Waals surface area contributed by atoms with Gasteiger partial charge in [0.15, 0.2) is 5.43 Å². The number of methoxy groups -OCH3 is 1. The molecule has 0 saturated carbocycles. The van der Waals surface area contributed by atoms with Crippen molar-refractivity contribution >= 4 is 51.8 Å². The van der Waals surface area contributed by atoms with Gasteiger partial charge >= 0.3 is 11.9 Å². The highest BCUT2D eigenvalue weighted by Gasteiger charge is 2.25. The number of thiocarbonyl (C=S) groups is 1. The number of aromatic carboxylic acids is 1. The first-order valence-corrected chi connectivity index (χ1v) is 18.0. The minimum atomic E-state index is -1.25. The monoisotopic (exact) mass is 654 g/mol. The second kappa shape index (κ2) is 19.1. The number of carboxylic acid groups (broad SMARTS) is 1. The summed E-state index contributed by atoms with van der Waals surface area (Å²) in [6.45, 7) is 5.80. The lowest BCUT2D eigenvalue weighted by atomic mass is 9.92. The quantitative estimate of drug-likeness (QED) is 0.0652. The summed E-state index contributed by atoms with van der Waals surface area (Å²) in [5.41, 5.74) is 3.50. The number of rotatable bonds is 20. The zero-order valence-electron chi connectivity index (χ0n) is 27.5. The van der Waals surface area contributed by atoms with Crippen molar-refractivity contribution < 1.29 is 23.8 Å². The number of allylic oxidation sites excluding steroid dienone is 3. The average Bonchev–Trinajstić information content (AvgIpc) is 3.03. The third-order valence-electron chi connectivity index (χ3n) is 8.51. The van der Waals surface area contributed by atoms with E-state index >= 15 is 0 Å². The Morgan fingerprint density at radius 2 is 1.71 bits per heavy atom. The van der Waals surface area contributed by atoms with E-state index < -0.39 is 5.97 Å².